The molecule has 1 saturated heterocycles. The Balaban J connectivity index is 2.05. The van der Waals surface area contributed by atoms with E-state index in [9.17, 15) is 8.42 Å². The van der Waals surface area contributed by atoms with Crippen LogP contribution in [0.4, 0.5) is 0 Å². The molecule has 5 nitrogen and oxygen atoms in total. The van der Waals surface area contributed by atoms with Gasteiger partial charge >= 0.3 is 0 Å². The van der Waals surface area contributed by atoms with Gasteiger partial charge < -0.3 is 10.1 Å². The second-order valence-corrected chi connectivity index (χ2v) is 6.86. The summed E-state index contributed by atoms with van der Waals surface area (Å²) in [6, 6.07) is 6.50. The summed E-state index contributed by atoms with van der Waals surface area (Å²) in [5.41, 5.74) is 0. The second-order valence-electron chi connectivity index (χ2n) is 5.14. The SMILES string of the molecule is COc1ccc(S(=O)(=O)NC(C)C2CCCCN2)cc1. The van der Waals surface area contributed by atoms with Crippen molar-refractivity contribution < 1.29 is 13.2 Å². The molecule has 0 bridgehead atoms. The van der Waals surface area contributed by atoms with Gasteiger partial charge in [0.25, 0.3) is 0 Å². The highest BCUT2D eigenvalue weighted by Crippen LogP contribution is 2.17. The van der Waals surface area contributed by atoms with E-state index < -0.39 is 10.0 Å². The molecule has 2 N–H and O–H groups in total. The highest BCUT2D eigenvalue weighted by molar-refractivity contribution is 7.89. The molecule has 6 heteroatoms. The third-order valence-corrected chi connectivity index (χ3v) is 5.24. The van der Waals surface area contributed by atoms with Crippen molar-refractivity contribution >= 4 is 10.0 Å². The van der Waals surface area contributed by atoms with Gasteiger partial charge in [0.15, 0.2) is 0 Å². The summed E-state index contributed by atoms with van der Waals surface area (Å²) in [4.78, 5) is 0.265. The van der Waals surface area contributed by atoms with Crippen LogP contribution in [-0.2, 0) is 10.0 Å². The summed E-state index contributed by atoms with van der Waals surface area (Å²) in [5, 5.41) is 3.36. The van der Waals surface area contributed by atoms with E-state index in [4.69, 9.17) is 4.74 Å². The Labute approximate surface area is 120 Å². The van der Waals surface area contributed by atoms with Gasteiger partial charge in [-0.1, -0.05) is 6.42 Å². The van der Waals surface area contributed by atoms with Crippen LogP contribution in [0.25, 0.3) is 0 Å². The van der Waals surface area contributed by atoms with Gasteiger partial charge in [-0.3, -0.25) is 0 Å². The van der Waals surface area contributed by atoms with Crippen molar-refractivity contribution in [3.8, 4) is 5.75 Å². The van der Waals surface area contributed by atoms with Crippen molar-refractivity contribution in [1.82, 2.24) is 10.0 Å². The van der Waals surface area contributed by atoms with Crippen molar-refractivity contribution in [2.24, 2.45) is 0 Å². The number of sulfonamides is 1. The molecule has 0 radical (unpaired) electrons. The van der Waals surface area contributed by atoms with Gasteiger partial charge in [-0.25, -0.2) is 13.1 Å². The van der Waals surface area contributed by atoms with E-state index in [1.54, 1.807) is 31.4 Å². The third-order valence-electron chi connectivity index (χ3n) is 3.66. The number of nitrogens with one attached hydrogen (secondary N) is 2. The molecular weight excluding hydrogens is 276 g/mol. The molecule has 112 valence electrons. The van der Waals surface area contributed by atoms with Gasteiger partial charge in [-0.2, -0.15) is 0 Å². The molecule has 1 aliphatic heterocycles. The predicted octanol–water partition coefficient (Wildman–Crippen LogP) is 1.50. The Morgan fingerprint density at radius 1 is 1.30 bits per heavy atom. The normalized spacial score (nSPS) is 21.4. The summed E-state index contributed by atoms with van der Waals surface area (Å²) in [5.74, 6) is 0.644. The topological polar surface area (TPSA) is 67.4 Å². The molecular formula is C14H22N2O3S. The number of benzene rings is 1. The standard InChI is InChI=1S/C14H22N2O3S/c1-11(14-5-3-4-10-15-14)16-20(17,18)13-8-6-12(19-2)7-9-13/h6-9,11,14-16H,3-5,10H2,1-2H3. The van der Waals surface area contributed by atoms with E-state index in [0.29, 0.717) is 5.75 Å². The Morgan fingerprint density at radius 3 is 2.55 bits per heavy atom. The molecule has 2 atom stereocenters. The van der Waals surface area contributed by atoms with Crippen LogP contribution < -0.4 is 14.8 Å². The maximum absolute atomic E-state index is 12.3. The summed E-state index contributed by atoms with van der Waals surface area (Å²) in [6.45, 7) is 2.86. The van der Waals surface area contributed by atoms with Crippen LogP contribution >= 0.6 is 0 Å². The van der Waals surface area contributed by atoms with Crippen LogP contribution in [-0.4, -0.2) is 34.2 Å². The van der Waals surface area contributed by atoms with Crippen LogP contribution in [0.3, 0.4) is 0 Å². The lowest BCUT2D eigenvalue weighted by Crippen LogP contribution is -2.50. The molecule has 1 aliphatic rings. The lowest BCUT2D eigenvalue weighted by Gasteiger charge is -2.29. The minimum absolute atomic E-state index is 0.123. The number of piperidine rings is 1. The number of hydrogen-bond acceptors (Lipinski definition) is 4. The zero-order chi connectivity index (χ0) is 14.6. The van der Waals surface area contributed by atoms with Crippen molar-refractivity contribution in [3.05, 3.63) is 24.3 Å². The van der Waals surface area contributed by atoms with E-state index in [1.165, 1.54) is 0 Å². The van der Waals surface area contributed by atoms with Crippen molar-refractivity contribution in [2.75, 3.05) is 13.7 Å². The molecule has 1 heterocycles. The molecule has 0 aromatic heterocycles. The predicted molar refractivity (Wildman–Crippen MR) is 78.4 cm³/mol. The number of hydrogen-bond donors (Lipinski definition) is 2. The minimum atomic E-state index is -3.48. The smallest absolute Gasteiger partial charge is 0.240 e. The van der Waals surface area contributed by atoms with Crippen LogP contribution in [0.5, 0.6) is 5.75 Å². The summed E-state index contributed by atoms with van der Waals surface area (Å²) in [7, 11) is -1.93. The number of methoxy groups -OCH3 is 1. The molecule has 0 amide bonds. The van der Waals surface area contributed by atoms with Crippen molar-refractivity contribution in [2.45, 2.75) is 43.2 Å². The van der Waals surface area contributed by atoms with Gasteiger partial charge in [0.05, 0.1) is 12.0 Å². The maximum atomic E-state index is 12.3. The molecule has 1 aromatic rings. The highest BCUT2D eigenvalue weighted by atomic mass is 32.2. The van der Waals surface area contributed by atoms with Crippen molar-refractivity contribution in [1.29, 1.82) is 0 Å². The van der Waals surface area contributed by atoms with Gasteiger partial charge in [0.1, 0.15) is 5.75 Å². The van der Waals surface area contributed by atoms with Gasteiger partial charge in [-0.05, 0) is 50.6 Å². The quantitative estimate of drug-likeness (QED) is 0.864. The first kappa shape index (κ1) is 15.3. The average Bonchev–Trinajstić information content (AvgIpc) is 2.48. The Bertz CT molecular complexity index is 522. The van der Waals surface area contributed by atoms with Crippen LogP contribution in [0.2, 0.25) is 0 Å². The first-order valence-electron chi connectivity index (χ1n) is 6.93. The molecule has 1 aromatic carbocycles. The van der Waals surface area contributed by atoms with Crippen LogP contribution in [0.15, 0.2) is 29.2 Å². The van der Waals surface area contributed by atoms with Gasteiger partial charge in [-0.15, -0.1) is 0 Å². The second kappa shape index (κ2) is 6.56. The lowest BCUT2D eigenvalue weighted by molar-refractivity contribution is 0.347. The van der Waals surface area contributed by atoms with Gasteiger partial charge in [0.2, 0.25) is 10.0 Å². The van der Waals surface area contributed by atoms with E-state index >= 15 is 0 Å². The maximum Gasteiger partial charge on any atom is 0.240 e. The summed E-state index contributed by atoms with van der Waals surface area (Å²) >= 11 is 0. The largest absolute Gasteiger partial charge is 0.497 e. The fourth-order valence-electron chi connectivity index (χ4n) is 2.46. The first-order valence-corrected chi connectivity index (χ1v) is 8.41. The molecule has 2 unspecified atom stereocenters. The third kappa shape index (κ3) is 3.71. The molecule has 0 saturated carbocycles. The zero-order valence-electron chi connectivity index (χ0n) is 11.9. The van der Waals surface area contributed by atoms with E-state index in [2.05, 4.69) is 10.0 Å². The van der Waals surface area contributed by atoms with Crippen LogP contribution in [0.1, 0.15) is 26.2 Å². The van der Waals surface area contributed by atoms with Crippen molar-refractivity contribution in [3.63, 3.8) is 0 Å². The number of rotatable bonds is 5. The molecule has 1 fully saturated rings. The van der Waals surface area contributed by atoms with E-state index in [-0.39, 0.29) is 17.0 Å². The molecule has 0 aliphatic carbocycles. The molecule has 2 rings (SSSR count). The Kier molecular flexibility index (Phi) is 5.01. The van der Waals surface area contributed by atoms with Gasteiger partial charge in [0, 0.05) is 12.1 Å². The summed E-state index contributed by atoms with van der Waals surface area (Å²) < 4.78 is 32.4. The molecule has 20 heavy (non-hydrogen) atoms. The fraction of sp³-hybridized carbons (Fsp3) is 0.571. The Hall–Kier alpha value is -1.11. The summed E-state index contributed by atoms with van der Waals surface area (Å²) in [6.07, 6.45) is 3.31. The average molecular weight is 298 g/mol. The highest BCUT2D eigenvalue weighted by Gasteiger charge is 2.24. The van der Waals surface area contributed by atoms with E-state index in [1.807, 2.05) is 6.92 Å². The Morgan fingerprint density at radius 2 is 2.00 bits per heavy atom. The van der Waals surface area contributed by atoms with Crippen LogP contribution in [0, 0.1) is 0 Å². The molecule has 0 spiro atoms. The number of ether oxygens (including phenoxy) is 1. The monoisotopic (exact) mass is 298 g/mol. The zero-order valence-corrected chi connectivity index (χ0v) is 12.7. The lowest BCUT2D eigenvalue weighted by atomic mass is 10.00. The minimum Gasteiger partial charge on any atom is -0.497 e. The fourth-order valence-corrected chi connectivity index (χ4v) is 3.74. The first-order chi connectivity index (χ1) is 9.53. The van der Waals surface area contributed by atoms with E-state index in [0.717, 1.165) is 25.8 Å².